The number of benzene rings is 1. The van der Waals surface area contributed by atoms with Crippen LogP contribution in [-0.2, 0) is 11.2 Å². The van der Waals surface area contributed by atoms with Gasteiger partial charge in [-0.3, -0.25) is 0 Å². The van der Waals surface area contributed by atoms with Gasteiger partial charge in [-0.05, 0) is 12.1 Å². The monoisotopic (exact) mass is 346 g/mol. The Morgan fingerprint density at radius 3 is 2.81 bits per heavy atom. The standard InChI is InChI=1S/C15H15BrN4O/c1-21-9-11(16)7-14-13-8-19-20(15(13)18-10-17-14)12-5-3-2-4-6-12/h2-6,8,10-11H,7,9H2,1H3. The number of methoxy groups -OCH3 is 1. The van der Waals surface area contributed by atoms with Crippen molar-refractivity contribution in [2.45, 2.75) is 11.2 Å². The smallest absolute Gasteiger partial charge is 0.166 e. The molecule has 2 heterocycles. The molecule has 21 heavy (non-hydrogen) atoms. The van der Waals surface area contributed by atoms with Crippen LogP contribution in [0, 0.1) is 0 Å². The van der Waals surface area contributed by atoms with E-state index in [1.807, 2.05) is 41.2 Å². The molecule has 1 unspecified atom stereocenters. The van der Waals surface area contributed by atoms with E-state index in [1.165, 1.54) is 0 Å². The fourth-order valence-corrected chi connectivity index (χ4v) is 2.83. The third-order valence-electron chi connectivity index (χ3n) is 3.21. The normalized spacial score (nSPS) is 12.7. The third kappa shape index (κ3) is 2.96. The second kappa shape index (κ2) is 6.32. The number of nitrogens with zero attached hydrogens (tertiary/aromatic N) is 4. The zero-order chi connectivity index (χ0) is 14.7. The van der Waals surface area contributed by atoms with Crippen molar-refractivity contribution in [1.82, 2.24) is 19.7 Å². The second-order valence-corrected chi connectivity index (χ2v) is 6.00. The van der Waals surface area contributed by atoms with Gasteiger partial charge in [0.15, 0.2) is 5.65 Å². The lowest BCUT2D eigenvalue weighted by molar-refractivity contribution is 0.200. The molecule has 2 aromatic heterocycles. The van der Waals surface area contributed by atoms with E-state index in [2.05, 4.69) is 31.0 Å². The summed E-state index contributed by atoms with van der Waals surface area (Å²) in [6.07, 6.45) is 4.18. The molecule has 5 nitrogen and oxygen atoms in total. The second-order valence-electron chi connectivity index (χ2n) is 4.71. The number of rotatable bonds is 5. The number of para-hydroxylation sites is 1. The molecule has 108 valence electrons. The van der Waals surface area contributed by atoms with Crippen LogP contribution in [0.25, 0.3) is 16.7 Å². The Labute approximate surface area is 131 Å². The first-order valence-electron chi connectivity index (χ1n) is 6.65. The van der Waals surface area contributed by atoms with E-state index < -0.39 is 0 Å². The van der Waals surface area contributed by atoms with E-state index in [1.54, 1.807) is 13.4 Å². The summed E-state index contributed by atoms with van der Waals surface area (Å²) in [5, 5.41) is 5.42. The molecule has 0 aliphatic heterocycles. The van der Waals surface area contributed by atoms with Crippen LogP contribution in [-0.4, -0.2) is 38.3 Å². The average Bonchev–Trinajstić information content (AvgIpc) is 2.93. The summed E-state index contributed by atoms with van der Waals surface area (Å²) in [7, 11) is 1.69. The van der Waals surface area contributed by atoms with Crippen molar-refractivity contribution >= 4 is 27.0 Å². The SMILES string of the molecule is COCC(Br)Cc1ncnc2c1cnn2-c1ccccc1. The summed E-state index contributed by atoms with van der Waals surface area (Å²) >= 11 is 3.60. The van der Waals surface area contributed by atoms with Crippen LogP contribution in [0.3, 0.4) is 0 Å². The lowest BCUT2D eigenvalue weighted by Gasteiger charge is -2.08. The van der Waals surface area contributed by atoms with Crippen LogP contribution in [0.15, 0.2) is 42.9 Å². The van der Waals surface area contributed by atoms with Crippen molar-refractivity contribution < 1.29 is 4.74 Å². The van der Waals surface area contributed by atoms with E-state index in [0.717, 1.165) is 28.8 Å². The van der Waals surface area contributed by atoms with Crippen molar-refractivity contribution in [2.75, 3.05) is 13.7 Å². The van der Waals surface area contributed by atoms with Gasteiger partial charge in [-0.2, -0.15) is 5.10 Å². The molecule has 0 N–H and O–H groups in total. The number of alkyl halides is 1. The molecule has 0 radical (unpaired) electrons. The van der Waals surface area contributed by atoms with E-state index in [4.69, 9.17) is 4.74 Å². The number of halogens is 1. The van der Waals surface area contributed by atoms with Gasteiger partial charge in [0.2, 0.25) is 0 Å². The first-order valence-corrected chi connectivity index (χ1v) is 7.57. The summed E-state index contributed by atoms with van der Waals surface area (Å²) in [4.78, 5) is 8.98. The molecule has 0 aliphatic carbocycles. The highest BCUT2D eigenvalue weighted by atomic mass is 79.9. The Bertz CT molecular complexity index is 729. The number of aromatic nitrogens is 4. The van der Waals surface area contributed by atoms with Gasteiger partial charge in [-0.1, -0.05) is 34.1 Å². The maximum Gasteiger partial charge on any atom is 0.166 e. The lowest BCUT2D eigenvalue weighted by Crippen LogP contribution is -2.11. The molecule has 0 saturated carbocycles. The first kappa shape index (κ1) is 14.2. The van der Waals surface area contributed by atoms with Crippen molar-refractivity contribution in [3.63, 3.8) is 0 Å². The fourth-order valence-electron chi connectivity index (χ4n) is 2.26. The quantitative estimate of drug-likeness (QED) is 0.666. The molecule has 0 saturated heterocycles. The van der Waals surface area contributed by atoms with Crippen molar-refractivity contribution in [3.05, 3.63) is 48.5 Å². The van der Waals surface area contributed by atoms with Gasteiger partial charge < -0.3 is 4.74 Å². The van der Waals surface area contributed by atoms with Crippen LogP contribution in [0.4, 0.5) is 0 Å². The molecule has 0 spiro atoms. The molecule has 0 aliphatic rings. The highest BCUT2D eigenvalue weighted by molar-refractivity contribution is 9.09. The summed E-state index contributed by atoms with van der Waals surface area (Å²) < 4.78 is 6.98. The summed E-state index contributed by atoms with van der Waals surface area (Å²) in [5.74, 6) is 0. The van der Waals surface area contributed by atoms with Gasteiger partial charge in [-0.15, -0.1) is 0 Å². The molecule has 0 amide bonds. The van der Waals surface area contributed by atoms with Crippen LogP contribution in [0.2, 0.25) is 0 Å². The Morgan fingerprint density at radius 1 is 1.24 bits per heavy atom. The zero-order valence-corrected chi connectivity index (χ0v) is 13.2. The van der Waals surface area contributed by atoms with Gasteiger partial charge in [0.05, 0.1) is 29.6 Å². The van der Waals surface area contributed by atoms with Crippen LogP contribution >= 0.6 is 15.9 Å². The van der Waals surface area contributed by atoms with Gasteiger partial charge in [0, 0.05) is 18.4 Å². The number of fused-ring (bicyclic) bond motifs is 1. The maximum absolute atomic E-state index is 5.15. The predicted octanol–water partition coefficient (Wildman–Crippen LogP) is 2.77. The lowest BCUT2D eigenvalue weighted by atomic mass is 10.2. The largest absolute Gasteiger partial charge is 0.384 e. The van der Waals surface area contributed by atoms with Crippen LogP contribution in [0.5, 0.6) is 0 Å². The minimum atomic E-state index is 0.223. The third-order valence-corrected chi connectivity index (χ3v) is 3.80. The van der Waals surface area contributed by atoms with E-state index >= 15 is 0 Å². The highest BCUT2D eigenvalue weighted by Gasteiger charge is 2.14. The van der Waals surface area contributed by atoms with E-state index in [0.29, 0.717) is 6.61 Å². The topological polar surface area (TPSA) is 52.8 Å². The maximum atomic E-state index is 5.15. The van der Waals surface area contributed by atoms with Crippen molar-refractivity contribution in [3.8, 4) is 5.69 Å². The first-order chi connectivity index (χ1) is 10.3. The fraction of sp³-hybridized carbons (Fsp3) is 0.267. The molecule has 1 atom stereocenters. The van der Waals surface area contributed by atoms with Crippen LogP contribution in [0.1, 0.15) is 5.69 Å². The van der Waals surface area contributed by atoms with Gasteiger partial charge in [-0.25, -0.2) is 14.6 Å². The van der Waals surface area contributed by atoms with E-state index in [9.17, 15) is 0 Å². The molecule has 6 heteroatoms. The minimum Gasteiger partial charge on any atom is -0.384 e. The number of hydrogen-bond donors (Lipinski definition) is 0. The zero-order valence-electron chi connectivity index (χ0n) is 11.6. The summed E-state index contributed by atoms with van der Waals surface area (Å²) in [5.41, 5.74) is 2.79. The molecular weight excluding hydrogens is 332 g/mol. The summed E-state index contributed by atoms with van der Waals surface area (Å²) in [6, 6.07) is 9.96. The Kier molecular flexibility index (Phi) is 4.26. The Hall–Kier alpha value is -1.79. The summed E-state index contributed by atoms with van der Waals surface area (Å²) in [6.45, 7) is 0.637. The molecule has 0 fully saturated rings. The molecule has 0 bridgehead atoms. The van der Waals surface area contributed by atoms with Crippen molar-refractivity contribution in [2.24, 2.45) is 0 Å². The van der Waals surface area contributed by atoms with Crippen LogP contribution < -0.4 is 0 Å². The molecular formula is C15H15BrN4O. The minimum absolute atomic E-state index is 0.223. The number of ether oxygens (including phenoxy) is 1. The Balaban J connectivity index is 2.00. The molecule has 3 rings (SSSR count). The van der Waals surface area contributed by atoms with Gasteiger partial charge in [0.25, 0.3) is 0 Å². The molecule has 3 aromatic rings. The predicted molar refractivity (Wildman–Crippen MR) is 85.0 cm³/mol. The number of hydrogen-bond acceptors (Lipinski definition) is 4. The Morgan fingerprint density at radius 2 is 2.05 bits per heavy atom. The van der Waals surface area contributed by atoms with Gasteiger partial charge >= 0.3 is 0 Å². The molecule has 1 aromatic carbocycles. The highest BCUT2D eigenvalue weighted by Crippen LogP contribution is 2.20. The van der Waals surface area contributed by atoms with Crippen molar-refractivity contribution in [1.29, 1.82) is 0 Å². The van der Waals surface area contributed by atoms with Gasteiger partial charge in [0.1, 0.15) is 6.33 Å². The average molecular weight is 347 g/mol. The van der Waals surface area contributed by atoms with E-state index in [-0.39, 0.29) is 4.83 Å².